The van der Waals surface area contributed by atoms with Gasteiger partial charge in [0.1, 0.15) is 23.8 Å². The maximum Gasteiger partial charge on any atom is 0.226 e. The van der Waals surface area contributed by atoms with E-state index in [0.717, 1.165) is 18.8 Å². The van der Waals surface area contributed by atoms with Gasteiger partial charge >= 0.3 is 0 Å². The molecule has 1 aliphatic heterocycles. The highest BCUT2D eigenvalue weighted by Crippen LogP contribution is 2.59. The van der Waals surface area contributed by atoms with Crippen LogP contribution in [0.4, 0.5) is 11.8 Å². The molecule has 31 heavy (non-hydrogen) atoms. The van der Waals surface area contributed by atoms with E-state index in [4.69, 9.17) is 10.5 Å². The lowest BCUT2D eigenvalue weighted by atomic mass is 9.48. The molecule has 2 unspecified atom stereocenters. The number of allylic oxidation sites excluding steroid dienone is 1. The molecule has 2 bridgehead atoms. The molecular weight excluding hydrogens is 400 g/mol. The number of nitrogens with two attached hydrogens (primary N) is 1. The number of aliphatic hydroxyl groups excluding tert-OH is 3. The third-order valence-electron chi connectivity index (χ3n) is 7.52. The van der Waals surface area contributed by atoms with Gasteiger partial charge in [-0.2, -0.15) is 9.97 Å². The van der Waals surface area contributed by atoms with E-state index in [1.165, 1.54) is 22.9 Å². The van der Waals surface area contributed by atoms with Gasteiger partial charge in [-0.3, -0.25) is 4.57 Å². The van der Waals surface area contributed by atoms with Gasteiger partial charge in [-0.15, -0.1) is 0 Å². The summed E-state index contributed by atoms with van der Waals surface area (Å²) in [5, 5.41) is 33.0. The van der Waals surface area contributed by atoms with Crippen molar-refractivity contribution in [2.75, 3.05) is 24.2 Å². The van der Waals surface area contributed by atoms with Gasteiger partial charge in [0.2, 0.25) is 5.95 Å². The fraction of sp³-hybridized carbons (Fsp3) is 0.667. The Kier molecular flexibility index (Phi) is 4.93. The standard InChI is InChI=1S/C21H30N6O4/c1-21(2)11-4-3-10(12(21)7-11)5-6-23-20-25-17(22)14-18(26-20)27(9-24-14)19-16(30)15(29)13(8-28)31-19/h3,9,11-13,15-16,19,28-30H,4-8H2,1-2H3,(H3,22,23,25,26)/t11?,12?,13-,15-,16-,19-/m1/s1. The van der Waals surface area contributed by atoms with Gasteiger partial charge in [0.15, 0.2) is 17.7 Å². The van der Waals surface area contributed by atoms with E-state index in [0.29, 0.717) is 35.0 Å². The summed E-state index contributed by atoms with van der Waals surface area (Å²) in [5.41, 5.74) is 8.78. The second-order valence-corrected chi connectivity index (χ2v) is 9.48. The average Bonchev–Trinajstić information content (AvgIpc) is 3.29. The summed E-state index contributed by atoms with van der Waals surface area (Å²) >= 11 is 0. The van der Waals surface area contributed by atoms with Crippen LogP contribution in [0.2, 0.25) is 0 Å². The monoisotopic (exact) mass is 430 g/mol. The molecule has 3 heterocycles. The molecular formula is C21H30N6O4. The Labute approximate surface area is 180 Å². The summed E-state index contributed by atoms with van der Waals surface area (Å²) in [6.45, 7) is 5.02. The number of rotatable bonds is 6. The van der Waals surface area contributed by atoms with Gasteiger partial charge in [-0.1, -0.05) is 25.5 Å². The molecule has 1 saturated carbocycles. The Balaban J connectivity index is 1.33. The molecule has 168 valence electrons. The highest BCUT2D eigenvalue weighted by molar-refractivity contribution is 5.83. The highest BCUT2D eigenvalue weighted by atomic mass is 16.6. The average molecular weight is 431 g/mol. The number of nitrogen functional groups attached to an aromatic ring is 1. The van der Waals surface area contributed by atoms with Crippen LogP contribution in [-0.4, -0.2) is 66.3 Å². The summed E-state index contributed by atoms with van der Waals surface area (Å²) in [6, 6.07) is 0. The van der Waals surface area contributed by atoms with Gasteiger partial charge in [0.25, 0.3) is 0 Å². The van der Waals surface area contributed by atoms with Crippen LogP contribution in [0.3, 0.4) is 0 Å². The maximum atomic E-state index is 10.4. The number of nitrogens with zero attached hydrogens (tertiary/aromatic N) is 4. The lowest BCUT2D eigenvalue weighted by molar-refractivity contribution is -0.0511. The molecule has 10 heteroatoms. The zero-order chi connectivity index (χ0) is 21.9. The van der Waals surface area contributed by atoms with Crippen LogP contribution in [0.25, 0.3) is 11.2 Å². The first-order valence-corrected chi connectivity index (χ1v) is 10.9. The van der Waals surface area contributed by atoms with Crippen molar-refractivity contribution in [3.05, 3.63) is 18.0 Å². The number of fused-ring (bicyclic) bond motifs is 2. The Hall–Kier alpha value is -2.27. The van der Waals surface area contributed by atoms with E-state index in [9.17, 15) is 15.3 Å². The topological polar surface area (TPSA) is 152 Å². The number of hydrogen-bond donors (Lipinski definition) is 5. The predicted molar refractivity (Wildman–Crippen MR) is 114 cm³/mol. The third-order valence-corrected chi connectivity index (χ3v) is 7.52. The molecule has 2 fully saturated rings. The van der Waals surface area contributed by atoms with Crippen molar-refractivity contribution in [1.29, 1.82) is 0 Å². The minimum atomic E-state index is -1.23. The highest BCUT2D eigenvalue weighted by Gasteiger charge is 2.50. The van der Waals surface area contributed by atoms with Crippen molar-refractivity contribution >= 4 is 22.9 Å². The minimum absolute atomic E-state index is 0.220. The van der Waals surface area contributed by atoms with E-state index in [1.807, 2.05) is 0 Å². The molecule has 0 amide bonds. The number of aliphatic hydroxyl groups is 3. The Bertz CT molecular complexity index is 1020. The molecule has 1 saturated heterocycles. The minimum Gasteiger partial charge on any atom is -0.394 e. The first-order valence-electron chi connectivity index (χ1n) is 10.9. The number of nitrogens with one attached hydrogen (secondary N) is 1. The number of anilines is 2. The lowest BCUT2D eigenvalue weighted by Crippen LogP contribution is -2.48. The Morgan fingerprint density at radius 3 is 2.77 bits per heavy atom. The smallest absolute Gasteiger partial charge is 0.226 e. The second kappa shape index (κ2) is 7.40. The zero-order valence-electron chi connectivity index (χ0n) is 17.8. The summed E-state index contributed by atoms with van der Waals surface area (Å²) in [5.74, 6) is 2.07. The largest absolute Gasteiger partial charge is 0.394 e. The predicted octanol–water partition coefficient (Wildman–Crippen LogP) is 0.814. The zero-order valence-corrected chi connectivity index (χ0v) is 17.8. The molecule has 0 radical (unpaired) electrons. The van der Waals surface area contributed by atoms with E-state index < -0.39 is 31.1 Å². The van der Waals surface area contributed by atoms with Crippen LogP contribution < -0.4 is 11.1 Å². The molecule has 2 aromatic heterocycles. The van der Waals surface area contributed by atoms with Crippen molar-refractivity contribution in [1.82, 2.24) is 19.5 Å². The summed E-state index contributed by atoms with van der Waals surface area (Å²) in [6.07, 6.45) is 2.97. The van der Waals surface area contributed by atoms with Crippen LogP contribution >= 0.6 is 0 Å². The fourth-order valence-corrected chi connectivity index (χ4v) is 5.39. The number of ether oxygens (including phenoxy) is 1. The van der Waals surface area contributed by atoms with Crippen LogP contribution in [0.15, 0.2) is 18.0 Å². The van der Waals surface area contributed by atoms with Crippen LogP contribution in [0.1, 0.15) is 39.3 Å². The SMILES string of the molecule is CC1(C)C2CC=C(CCNc3nc(N)c4ncn([C@@H]5O[C@H](CO)[C@@H](O)[C@H]5O)c4n3)C1C2. The summed E-state index contributed by atoms with van der Waals surface area (Å²) in [7, 11) is 0. The number of imidazole rings is 1. The summed E-state index contributed by atoms with van der Waals surface area (Å²) < 4.78 is 7.12. The molecule has 6 N–H and O–H groups in total. The van der Waals surface area contributed by atoms with Gasteiger partial charge in [0, 0.05) is 6.54 Å². The van der Waals surface area contributed by atoms with Gasteiger partial charge in [-0.05, 0) is 36.5 Å². The van der Waals surface area contributed by atoms with Crippen molar-refractivity contribution in [2.45, 2.75) is 57.6 Å². The molecule has 10 nitrogen and oxygen atoms in total. The molecule has 0 aromatic carbocycles. The van der Waals surface area contributed by atoms with E-state index in [2.05, 4.69) is 40.2 Å². The van der Waals surface area contributed by atoms with E-state index in [-0.39, 0.29) is 5.82 Å². The first kappa shape index (κ1) is 20.6. The second-order valence-electron chi connectivity index (χ2n) is 9.48. The number of aromatic nitrogens is 4. The molecule has 6 rings (SSSR count). The van der Waals surface area contributed by atoms with Gasteiger partial charge in [0.05, 0.1) is 12.9 Å². The van der Waals surface area contributed by atoms with Crippen LogP contribution in [0.5, 0.6) is 0 Å². The molecule has 3 aliphatic carbocycles. The van der Waals surface area contributed by atoms with Crippen LogP contribution in [-0.2, 0) is 4.74 Å². The maximum absolute atomic E-state index is 10.4. The Morgan fingerprint density at radius 2 is 2.10 bits per heavy atom. The fourth-order valence-electron chi connectivity index (χ4n) is 5.39. The van der Waals surface area contributed by atoms with Crippen molar-refractivity contribution < 1.29 is 20.1 Å². The van der Waals surface area contributed by atoms with Crippen molar-refractivity contribution in [3.63, 3.8) is 0 Å². The first-order chi connectivity index (χ1) is 14.8. The molecule has 4 aliphatic rings. The van der Waals surface area contributed by atoms with Crippen molar-refractivity contribution in [2.24, 2.45) is 17.3 Å². The van der Waals surface area contributed by atoms with Gasteiger partial charge in [-0.25, -0.2) is 4.98 Å². The quantitative estimate of drug-likeness (QED) is 0.419. The number of hydrogen-bond acceptors (Lipinski definition) is 9. The van der Waals surface area contributed by atoms with E-state index in [1.54, 1.807) is 0 Å². The normalized spacial score (nSPS) is 33.9. The molecule has 6 atom stereocenters. The van der Waals surface area contributed by atoms with Gasteiger partial charge < -0.3 is 31.1 Å². The third kappa shape index (κ3) is 3.20. The van der Waals surface area contributed by atoms with E-state index >= 15 is 0 Å². The lowest BCUT2D eigenvalue weighted by Gasteiger charge is -2.56. The van der Waals surface area contributed by atoms with Crippen molar-refractivity contribution in [3.8, 4) is 0 Å². The molecule has 2 aromatic rings. The Morgan fingerprint density at radius 1 is 1.29 bits per heavy atom. The molecule has 0 spiro atoms. The summed E-state index contributed by atoms with van der Waals surface area (Å²) in [4.78, 5) is 13.1. The van der Waals surface area contributed by atoms with Crippen LogP contribution in [0, 0.1) is 17.3 Å².